The van der Waals surface area contributed by atoms with Crippen LogP contribution in [0.25, 0.3) is 0 Å². The molecule has 2 aromatic carbocycles. The van der Waals surface area contributed by atoms with Crippen molar-refractivity contribution in [2.45, 2.75) is 31.4 Å². The van der Waals surface area contributed by atoms with Crippen LogP contribution >= 0.6 is 0 Å². The van der Waals surface area contributed by atoms with Crippen molar-refractivity contribution in [3.05, 3.63) is 58.7 Å². The number of benzene rings is 2. The highest BCUT2D eigenvalue weighted by Crippen LogP contribution is 2.21. The molecule has 0 atom stereocenters. The molecule has 0 heterocycles. The number of nitrogens with two attached hydrogens (primary N) is 1. The average Bonchev–Trinajstić information content (AvgIpc) is 2.37. The Hall–Kier alpha value is -1.81. The minimum Gasteiger partial charge on any atom is -0.399 e. The number of sulfone groups is 1. The largest absolute Gasteiger partial charge is 0.399 e. The third-order valence-electron chi connectivity index (χ3n) is 3.53. The molecule has 20 heavy (non-hydrogen) atoms. The average molecular weight is 289 g/mol. The maximum absolute atomic E-state index is 12.4. The van der Waals surface area contributed by atoms with Crippen molar-refractivity contribution in [3.63, 3.8) is 0 Å². The molecule has 2 aromatic rings. The van der Waals surface area contributed by atoms with Gasteiger partial charge in [-0.1, -0.05) is 18.2 Å². The van der Waals surface area contributed by atoms with Crippen molar-refractivity contribution in [1.29, 1.82) is 0 Å². The number of hydrogen-bond donors (Lipinski definition) is 1. The Morgan fingerprint density at radius 1 is 0.900 bits per heavy atom. The fraction of sp³-hybridized carbons (Fsp3) is 0.250. The van der Waals surface area contributed by atoms with Crippen LogP contribution in [0.1, 0.15) is 22.3 Å². The van der Waals surface area contributed by atoms with Crippen LogP contribution < -0.4 is 5.73 Å². The summed E-state index contributed by atoms with van der Waals surface area (Å²) in [6, 6.07) is 10.6. The van der Waals surface area contributed by atoms with Gasteiger partial charge in [-0.3, -0.25) is 0 Å². The van der Waals surface area contributed by atoms with Crippen molar-refractivity contribution in [2.75, 3.05) is 5.73 Å². The molecule has 0 unspecified atom stereocenters. The molecule has 0 amide bonds. The first-order chi connectivity index (χ1) is 9.29. The van der Waals surface area contributed by atoms with E-state index in [0.717, 1.165) is 22.3 Å². The highest BCUT2D eigenvalue weighted by atomic mass is 32.2. The molecule has 2 rings (SSSR count). The molecule has 3 nitrogen and oxygen atoms in total. The van der Waals surface area contributed by atoms with E-state index in [9.17, 15) is 8.42 Å². The molecule has 0 fully saturated rings. The second-order valence-electron chi connectivity index (χ2n) is 5.20. The summed E-state index contributed by atoms with van der Waals surface area (Å²) >= 11 is 0. The zero-order valence-electron chi connectivity index (χ0n) is 12.0. The lowest BCUT2D eigenvalue weighted by Gasteiger charge is -2.08. The van der Waals surface area contributed by atoms with E-state index in [-0.39, 0.29) is 5.75 Å². The first kappa shape index (κ1) is 14.6. The second-order valence-corrected chi connectivity index (χ2v) is 7.19. The molecule has 0 bridgehead atoms. The van der Waals surface area contributed by atoms with Crippen molar-refractivity contribution < 1.29 is 8.42 Å². The first-order valence-electron chi connectivity index (χ1n) is 6.44. The van der Waals surface area contributed by atoms with Gasteiger partial charge in [-0.15, -0.1) is 0 Å². The predicted octanol–water partition coefficient (Wildman–Crippen LogP) is 3.17. The highest BCUT2D eigenvalue weighted by Gasteiger charge is 2.16. The van der Waals surface area contributed by atoms with Crippen LogP contribution in [0.3, 0.4) is 0 Å². The fourth-order valence-corrected chi connectivity index (χ4v) is 3.45. The van der Waals surface area contributed by atoms with E-state index in [1.165, 1.54) is 0 Å². The van der Waals surface area contributed by atoms with Crippen LogP contribution in [0.5, 0.6) is 0 Å². The van der Waals surface area contributed by atoms with Crippen LogP contribution in [0.4, 0.5) is 5.69 Å². The third kappa shape index (κ3) is 3.02. The minimum atomic E-state index is -3.34. The zero-order chi connectivity index (χ0) is 14.9. The third-order valence-corrected chi connectivity index (χ3v) is 5.21. The monoisotopic (exact) mass is 289 g/mol. The summed E-state index contributed by atoms with van der Waals surface area (Å²) < 4.78 is 24.8. The van der Waals surface area contributed by atoms with Crippen molar-refractivity contribution in [2.24, 2.45) is 0 Å². The number of hydrogen-bond acceptors (Lipinski definition) is 3. The molecule has 2 N–H and O–H groups in total. The molecule has 0 saturated carbocycles. The number of anilines is 1. The van der Waals surface area contributed by atoms with E-state index in [0.29, 0.717) is 10.6 Å². The molecule has 0 aliphatic carbocycles. The van der Waals surface area contributed by atoms with E-state index >= 15 is 0 Å². The second kappa shape index (κ2) is 5.29. The summed E-state index contributed by atoms with van der Waals surface area (Å²) in [6.07, 6.45) is 0. The van der Waals surface area contributed by atoms with E-state index in [1.807, 2.05) is 39.0 Å². The van der Waals surface area contributed by atoms with E-state index < -0.39 is 9.84 Å². The van der Waals surface area contributed by atoms with Crippen LogP contribution in [-0.2, 0) is 15.6 Å². The summed E-state index contributed by atoms with van der Waals surface area (Å²) in [5.74, 6) is 0.0114. The normalized spacial score (nSPS) is 11.6. The van der Waals surface area contributed by atoms with Gasteiger partial charge in [0, 0.05) is 5.69 Å². The summed E-state index contributed by atoms with van der Waals surface area (Å²) in [6.45, 7) is 5.81. The molecule has 0 radical (unpaired) electrons. The Balaban J connectivity index is 2.35. The van der Waals surface area contributed by atoms with Crippen molar-refractivity contribution in [1.82, 2.24) is 0 Å². The lowest BCUT2D eigenvalue weighted by molar-refractivity contribution is 0.595. The molecule has 0 aromatic heterocycles. The summed E-state index contributed by atoms with van der Waals surface area (Å²) in [4.78, 5) is 0.322. The van der Waals surface area contributed by atoms with Crippen LogP contribution in [0, 0.1) is 20.8 Å². The quantitative estimate of drug-likeness (QED) is 0.883. The molecule has 0 saturated heterocycles. The summed E-state index contributed by atoms with van der Waals surface area (Å²) in [7, 11) is -3.34. The first-order valence-corrected chi connectivity index (χ1v) is 8.10. The van der Waals surface area contributed by atoms with Gasteiger partial charge in [0.05, 0.1) is 10.6 Å². The minimum absolute atomic E-state index is 0.0114. The van der Waals surface area contributed by atoms with Crippen LogP contribution in [-0.4, -0.2) is 8.42 Å². The molecule has 0 aliphatic heterocycles. The standard InChI is InChI=1S/C16H19NO2S/c1-11-4-5-14(8-12(11)2)10-20(18,19)15-6-7-16(17)13(3)9-15/h4-9H,10,17H2,1-3H3. The van der Waals surface area contributed by atoms with Gasteiger partial charge in [0.1, 0.15) is 0 Å². The zero-order valence-corrected chi connectivity index (χ0v) is 12.8. The van der Waals surface area contributed by atoms with Gasteiger partial charge in [-0.2, -0.15) is 0 Å². The van der Waals surface area contributed by atoms with Gasteiger partial charge in [-0.25, -0.2) is 8.42 Å². The van der Waals surface area contributed by atoms with Gasteiger partial charge in [0.15, 0.2) is 9.84 Å². The predicted molar refractivity (Wildman–Crippen MR) is 82.4 cm³/mol. The number of nitrogen functional groups attached to an aromatic ring is 1. The Bertz CT molecular complexity index is 749. The smallest absolute Gasteiger partial charge is 0.182 e. The topological polar surface area (TPSA) is 60.2 Å². The van der Waals surface area contributed by atoms with Gasteiger partial charge in [-0.05, 0) is 61.2 Å². The number of aryl methyl sites for hydroxylation is 3. The van der Waals surface area contributed by atoms with E-state index in [4.69, 9.17) is 5.73 Å². The van der Waals surface area contributed by atoms with Gasteiger partial charge in [0.2, 0.25) is 0 Å². The van der Waals surface area contributed by atoms with Gasteiger partial charge >= 0.3 is 0 Å². The van der Waals surface area contributed by atoms with Crippen molar-refractivity contribution >= 4 is 15.5 Å². The van der Waals surface area contributed by atoms with Gasteiger partial charge < -0.3 is 5.73 Å². The summed E-state index contributed by atoms with van der Waals surface area (Å²) in [5.41, 5.74) is 10.2. The molecule has 0 aliphatic rings. The van der Waals surface area contributed by atoms with E-state index in [2.05, 4.69) is 0 Å². The molecule has 0 spiro atoms. The Morgan fingerprint density at radius 2 is 1.60 bits per heavy atom. The maximum atomic E-state index is 12.4. The van der Waals surface area contributed by atoms with Crippen LogP contribution in [0.15, 0.2) is 41.3 Å². The lowest BCUT2D eigenvalue weighted by Crippen LogP contribution is -2.06. The molecular formula is C16H19NO2S. The Morgan fingerprint density at radius 3 is 2.20 bits per heavy atom. The Labute approximate surface area is 120 Å². The highest BCUT2D eigenvalue weighted by molar-refractivity contribution is 7.90. The van der Waals surface area contributed by atoms with E-state index in [1.54, 1.807) is 18.2 Å². The molecular weight excluding hydrogens is 270 g/mol. The van der Waals surface area contributed by atoms with Crippen LogP contribution in [0.2, 0.25) is 0 Å². The summed E-state index contributed by atoms with van der Waals surface area (Å²) in [5, 5.41) is 0. The van der Waals surface area contributed by atoms with Gasteiger partial charge in [0.25, 0.3) is 0 Å². The fourth-order valence-electron chi connectivity index (χ4n) is 2.04. The lowest BCUT2D eigenvalue weighted by atomic mass is 10.1. The molecule has 106 valence electrons. The maximum Gasteiger partial charge on any atom is 0.182 e. The Kier molecular flexibility index (Phi) is 3.86. The molecule has 4 heteroatoms. The SMILES string of the molecule is Cc1ccc(CS(=O)(=O)c2ccc(N)c(C)c2)cc1C. The van der Waals surface area contributed by atoms with Crippen molar-refractivity contribution in [3.8, 4) is 0 Å². The number of rotatable bonds is 3.